The number of carbonyl (C=O) groups is 1. The van der Waals surface area contributed by atoms with Gasteiger partial charge in [-0.15, -0.1) is 0 Å². The fourth-order valence-corrected chi connectivity index (χ4v) is 1.09. The average Bonchev–Trinajstić information content (AvgIpc) is 2.16. The van der Waals surface area contributed by atoms with Crippen molar-refractivity contribution in [3.05, 3.63) is 35.5 Å². The third kappa shape index (κ3) is 2.62. The van der Waals surface area contributed by atoms with E-state index in [1.165, 1.54) is 6.92 Å². The maximum atomic E-state index is 11.1. The summed E-state index contributed by atoms with van der Waals surface area (Å²) in [7, 11) is 1.70. The number of aromatic hydroxyl groups is 1. The summed E-state index contributed by atoms with van der Waals surface area (Å²) in [5, 5.41) is 11.9. The van der Waals surface area contributed by atoms with E-state index in [1.54, 1.807) is 37.4 Å². The maximum Gasteiger partial charge on any atom is 0.175 e. The number of hydrogen-bond donors (Lipinski definition) is 2. The maximum absolute atomic E-state index is 11.1. The van der Waals surface area contributed by atoms with Crippen molar-refractivity contribution < 1.29 is 9.90 Å². The molecule has 3 nitrogen and oxygen atoms in total. The Labute approximate surface area is 83.1 Å². The third-order valence-corrected chi connectivity index (χ3v) is 1.85. The summed E-state index contributed by atoms with van der Waals surface area (Å²) < 4.78 is 0. The van der Waals surface area contributed by atoms with E-state index < -0.39 is 0 Å². The standard InChI is InChI=1S/C11H13NO2/c1-8(13)11(12-2)7-9-3-5-10(14)6-4-9/h3-7,12,14H,1-2H3/b11-7+. The van der Waals surface area contributed by atoms with Crippen LogP contribution in [0.25, 0.3) is 6.08 Å². The average molecular weight is 191 g/mol. The molecule has 0 radical (unpaired) electrons. The second-order valence-electron chi connectivity index (χ2n) is 2.96. The number of rotatable bonds is 3. The molecule has 0 heterocycles. The van der Waals surface area contributed by atoms with E-state index in [0.717, 1.165) is 5.56 Å². The number of phenols is 1. The van der Waals surface area contributed by atoms with E-state index in [9.17, 15) is 4.79 Å². The van der Waals surface area contributed by atoms with E-state index in [0.29, 0.717) is 5.70 Å². The summed E-state index contributed by atoms with van der Waals surface area (Å²) >= 11 is 0. The predicted molar refractivity (Wildman–Crippen MR) is 55.8 cm³/mol. The van der Waals surface area contributed by atoms with Crippen molar-refractivity contribution in [1.82, 2.24) is 5.32 Å². The van der Waals surface area contributed by atoms with Crippen LogP contribution in [0.1, 0.15) is 12.5 Å². The SMILES string of the molecule is CN/C(=C/c1ccc(O)cc1)C(C)=O. The minimum Gasteiger partial charge on any atom is -0.508 e. The number of benzene rings is 1. The van der Waals surface area contributed by atoms with Crippen LogP contribution >= 0.6 is 0 Å². The molecule has 0 unspecified atom stereocenters. The normalized spacial score (nSPS) is 11.1. The van der Waals surface area contributed by atoms with Gasteiger partial charge in [0.2, 0.25) is 0 Å². The fourth-order valence-electron chi connectivity index (χ4n) is 1.09. The second kappa shape index (κ2) is 4.46. The van der Waals surface area contributed by atoms with Gasteiger partial charge < -0.3 is 10.4 Å². The van der Waals surface area contributed by atoms with E-state index >= 15 is 0 Å². The van der Waals surface area contributed by atoms with Crippen LogP contribution in [0.2, 0.25) is 0 Å². The first-order valence-electron chi connectivity index (χ1n) is 4.33. The fraction of sp³-hybridized carbons (Fsp3) is 0.182. The Morgan fingerprint density at radius 2 is 1.93 bits per heavy atom. The summed E-state index contributed by atoms with van der Waals surface area (Å²) in [6, 6.07) is 6.66. The van der Waals surface area contributed by atoms with Crippen LogP contribution in [-0.4, -0.2) is 17.9 Å². The Kier molecular flexibility index (Phi) is 3.29. The van der Waals surface area contributed by atoms with Gasteiger partial charge in [-0.25, -0.2) is 0 Å². The molecule has 0 aliphatic carbocycles. The molecule has 2 N–H and O–H groups in total. The highest BCUT2D eigenvalue weighted by molar-refractivity contribution is 5.97. The molecule has 0 atom stereocenters. The zero-order chi connectivity index (χ0) is 10.6. The van der Waals surface area contributed by atoms with Crippen LogP contribution in [0.15, 0.2) is 30.0 Å². The van der Waals surface area contributed by atoms with E-state index in [2.05, 4.69) is 5.32 Å². The number of nitrogens with one attached hydrogen (secondary N) is 1. The highest BCUT2D eigenvalue weighted by Gasteiger charge is 2.00. The molecule has 3 heteroatoms. The first-order chi connectivity index (χ1) is 6.63. The third-order valence-electron chi connectivity index (χ3n) is 1.85. The van der Waals surface area contributed by atoms with Crippen molar-refractivity contribution in [3.63, 3.8) is 0 Å². The topological polar surface area (TPSA) is 49.3 Å². The van der Waals surface area contributed by atoms with Gasteiger partial charge >= 0.3 is 0 Å². The largest absolute Gasteiger partial charge is 0.508 e. The monoisotopic (exact) mass is 191 g/mol. The molecule has 0 aliphatic rings. The zero-order valence-electron chi connectivity index (χ0n) is 8.24. The first-order valence-corrected chi connectivity index (χ1v) is 4.33. The van der Waals surface area contributed by atoms with Crippen molar-refractivity contribution in [1.29, 1.82) is 0 Å². The molecule has 0 saturated carbocycles. The molecule has 0 fully saturated rings. The predicted octanol–water partition coefficient (Wildman–Crippen LogP) is 1.54. The van der Waals surface area contributed by atoms with Gasteiger partial charge in [0, 0.05) is 14.0 Å². The smallest absolute Gasteiger partial charge is 0.175 e. The number of ketones is 1. The van der Waals surface area contributed by atoms with Gasteiger partial charge in [0.15, 0.2) is 5.78 Å². The van der Waals surface area contributed by atoms with Crippen molar-refractivity contribution in [2.45, 2.75) is 6.92 Å². The van der Waals surface area contributed by atoms with Gasteiger partial charge in [-0.05, 0) is 23.8 Å². The lowest BCUT2D eigenvalue weighted by Gasteiger charge is -2.02. The summed E-state index contributed by atoms with van der Waals surface area (Å²) in [5.41, 5.74) is 1.43. The van der Waals surface area contributed by atoms with Crippen LogP contribution in [-0.2, 0) is 4.79 Å². The Morgan fingerprint density at radius 3 is 2.36 bits per heavy atom. The number of Topliss-reactive ketones (excluding diaryl/α,β-unsaturated/α-hetero) is 1. The van der Waals surface area contributed by atoms with Crippen LogP contribution < -0.4 is 5.32 Å². The highest BCUT2D eigenvalue weighted by Crippen LogP contribution is 2.12. The van der Waals surface area contributed by atoms with Crippen molar-refractivity contribution in [2.75, 3.05) is 7.05 Å². The van der Waals surface area contributed by atoms with Gasteiger partial charge in [-0.3, -0.25) is 4.79 Å². The van der Waals surface area contributed by atoms with E-state index in [4.69, 9.17) is 5.11 Å². The number of hydrogen-bond acceptors (Lipinski definition) is 3. The molecule has 14 heavy (non-hydrogen) atoms. The molecule has 1 aromatic rings. The summed E-state index contributed by atoms with van der Waals surface area (Å²) in [4.78, 5) is 11.1. The number of carbonyl (C=O) groups excluding carboxylic acids is 1. The molecule has 1 rings (SSSR count). The second-order valence-corrected chi connectivity index (χ2v) is 2.96. The van der Waals surface area contributed by atoms with E-state index in [-0.39, 0.29) is 11.5 Å². The highest BCUT2D eigenvalue weighted by atomic mass is 16.3. The molecule has 0 aliphatic heterocycles. The lowest BCUT2D eigenvalue weighted by Crippen LogP contribution is -2.12. The minimum atomic E-state index is -0.0134. The molecular weight excluding hydrogens is 178 g/mol. The van der Waals surface area contributed by atoms with Crippen LogP contribution in [0.5, 0.6) is 5.75 Å². The van der Waals surface area contributed by atoms with Gasteiger partial charge in [-0.1, -0.05) is 12.1 Å². The van der Waals surface area contributed by atoms with Crippen molar-refractivity contribution in [3.8, 4) is 5.75 Å². The molecule has 0 saturated heterocycles. The molecule has 74 valence electrons. The molecule has 1 aromatic carbocycles. The minimum absolute atomic E-state index is 0.0134. The summed E-state index contributed by atoms with van der Waals surface area (Å²) in [6.45, 7) is 1.50. The molecule has 0 aromatic heterocycles. The van der Waals surface area contributed by atoms with Crippen LogP contribution in [0, 0.1) is 0 Å². The van der Waals surface area contributed by atoms with Gasteiger partial charge in [-0.2, -0.15) is 0 Å². The molecule has 0 spiro atoms. The Balaban J connectivity index is 2.95. The summed E-state index contributed by atoms with van der Waals surface area (Å²) in [6.07, 6.45) is 1.74. The van der Waals surface area contributed by atoms with Crippen LogP contribution in [0.4, 0.5) is 0 Å². The molecular formula is C11H13NO2. The van der Waals surface area contributed by atoms with Gasteiger partial charge in [0.1, 0.15) is 5.75 Å². The van der Waals surface area contributed by atoms with Crippen LogP contribution in [0.3, 0.4) is 0 Å². The lowest BCUT2D eigenvalue weighted by molar-refractivity contribution is -0.113. The van der Waals surface area contributed by atoms with Crippen molar-refractivity contribution in [2.24, 2.45) is 0 Å². The van der Waals surface area contributed by atoms with Gasteiger partial charge in [0.25, 0.3) is 0 Å². The molecule has 0 bridgehead atoms. The number of likely N-dealkylation sites (N-methyl/N-ethyl adjacent to an activating group) is 1. The molecule has 0 amide bonds. The Morgan fingerprint density at radius 1 is 1.36 bits per heavy atom. The Bertz CT molecular complexity index is 352. The first kappa shape index (κ1) is 10.3. The lowest BCUT2D eigenvalue weighted by atomic mass is 10.1. The van der Waals surface area contributed by atoms with E-state index in [1.807, 2.05) is 0 Å². The summed E-state index contributed by atoms with van der Waals surface area (Å²) in [5.74, 6) is 0.205. The number of allylic oxidation sites excluding steroid dienone is 1. The van der Waals surface area contributed by atoms with Crippen molar-refractivity contribution >= 4 is 11.9 Å². The quantitative estimate of drug-likeness (QED) is 0.712. The zero-order valence-corrected chi connectivity index (χ0v) is 8.24. The van der Waals surface area contributed by atoms with Gasteiger partial charge in [0.05, 0.1) is 5.70 Å². The number of phenolic OH excluding ortho intramolecular Hbond substituents is 1. The Hall–Kier alpha value is -1.77.